The topological polar surface area (TPSA) is 56.7 Å². The van der Waals surface area contributed by atoms with Crippen LogP contribution in [0.3, 0.4) is 0 Å². The predicted molar refractivity (Wildman–Crippen MR) is 127 cm³/mol. The lowest BCUT2D eigenvalue weighted by Gasteiger charge is -2.19. The molecule has 0 heterocycles. The highest BCUT2D eigenvalue weighted by atomic mass is 127. The van der Waals surface area contributed by atoms with E-state index < -0.39 is 0 Å². The summed E-state index contributed by atoms with van der Waals surface area (Å²) >= 11 is 0. The van der Waals surface area contributed by atoms with Crippen LogP contribution in [0.1, 0.15) is 48.3 Å². The van der Waals surface area contributed by atoms with Gasteiger partial charge in [-0.05, 0) is 44.0 Å². The summed E-state index contributed by atoms with van der Waals surface area (Å²) in [6, 6.07) is 18.2. The van der Waals surface area contributed by atoms with Crippen molar-refractivity contribution in [3.8, 4) is 0 Å². The van der Waals surface area contributed by atoms with Gasteiger partial charge in [0.25, 0.3) is 5.91 Å². The number of benzene rings is 2. The number of carbonyl (C=O) groups excluding carboxylic acids is 1. The summed E-state index contributed by atoms with van der Waals surface area (Å²) in [5.41, 5.74) is 3.03. The Labute approximate surface area is 185 Å². The minimum atomic E-state index is 0. The van der Waals surface area contributed by atoms with Gasteiger partial charge in [-0.1, -0.05) is 42.5 Å². The van der Waals surface area contributed by atoms with Crippen molar-refractivity contribution in [1.29, 1.82) is 0 Å². The SMILES string of the molecule is CCN(CC)C(=O)c1ccc(CNC(=NC)NC(C)c2ccccc2)cc1.I. The molecule has 0 radical (unpaired) electrons. The molecule has 0 aliphatic heterocycles. The monoisotopic (exact) mass is 494 g/mol. The molecule has 152 valence electrons. The van der Waals surface area contributed by atoms with Crippen LogP contribution in [0.15, 0.2) is 59.6 Å². The summed E-state index contributed by atoms with van der Waals surface area (Å²) in [6.07, 6.45) is 0. The molecule has 2 aromatic carbocycles. The maximum atomic E-state index is 12.4. The van der Waals surface area contributed by atoms with E-state index in [9.17, 15) is 4.79 Å². The first-order valence-corrected chi connectivity index (χ1v) is 9.49. The molecule has 5 nitrogen and oxygen atoms in total. The zero-order valence-corrected chi connectivity index (χ0v) is 19.4. The molecule has 2 rings (SSSR count). The number of halogens is 1. The first-order valence-electron chi connectivity index (χ1n) is 9.49. The molecule has 0 aromatic heterocycles. The average Bonchev–Trinajstić information content (AvgIpc) is 2.72. The summed E-state index contributed by atoms with van der Waals surface area (Å²) in [6.45, 7) is 8.18. The van der Waals surface area contributed by atoms with Crippen LogP contribution in [0.4, 0.5) is 0 Å². The molecule has 0 fully saturated rings. The number of nitrogens with one attached hydrogen (secondary N) is 2. The highest BCUT2D eigenvalue weighted by Crippen LogP contribution is 2.11. The number of hydrogen-bond acceptors (Lipinski definition) is 2. The fourth-order valence-corrected chi connectivity index (χ4v) is 2.87. The van der Waals surface area contributed by atoms with E-state index in [0.29, 0.717) is 6.54 Å². The van der Waals surface area contributed by atoms with Crippen molar-refractivity contribution in [2.45, 2.75) is 33.4 Å². The van der Waals surface area contributed by atoms with E-state index >= 15 is 0 Å². The Morgan fingerprint density at radius 2 is 1.64 bits per heavy atom. The zero-order valence-electron chi connectivity index (χ0n) is 17.1. The number of carbonyl (C=O) groups is 1. The Balaban J connectivity index is 0.00000392. The van der Waals surface area contributed by atoms with Gasteiger partial charge in [-0.15, -0.1) is 24.0 Å². The Hall–Kier alpha value is -2.09. The first-order chi connectivity index (χ1) is 13.1. The maximum Gasteiger partial charge on any atom is 0.253 e. The highest BCUT2D eigenvalue weighted by Gasteiger charge is 2.12. The van der Waals surface area contributed by atoms with E-state index in [1.807, 2.05) is 61.2 Å². The Morgan fingerprint density at radius 1 is 1.04 bits per heavy atom. The van der Waals surface area contributed by atoms with Crippen LogP contribution < -0.4 is 10.6 Å². The minimum absolute atomic E-state index is 0. The molecule has 0 saturated heterocycles. The molecule has 6 heteroatoms. The largest absolute Gasteiger partial charge is 0.352 e. The van der Waals surface area contributed by atoms with E-state index in [0.717, 1.165) is 30.2 Å². The zero-order chi connectivity index (χ0) is 19.6. The van der Waals surface area contributed by atoms with E-state index in [4.69, 9.17) is 0 Å². The second-order valence-electron chi connectivity index (χ2n) is 6.38. The third-order valence-electron chi connectivity index (χ3n) is 4.59. The standard InChI is InChI=1S/C22H30N4O.HI/c1-5-26(6-2)21(27)20-14-12-18(13-15-20)16-24-22(23-4)25-17(3)19-10-8-7-9-11-19;/h7-15,17H,5-6,16H2,1-4H3,(H2,23,24,25);1H. The summed E-state index contributed by atoms with van der Waals surface area (Å²) in [7, 11) is 1.76. The van der Waals surface area contributed by atoms with Crippen LogP contribution in [0.25, 0.3) is 0 Å². The third kappa shape index (κ3) is 6.82. The quantitative estimate of drug-likeness (QED) is 0.345. The van der Waals surface area contributed by atoms with E-state index in [1.54, 1.807) is 7.05 Å². The molecular formula is C22H31IN4O. The van der Waals surface area contributed by atoms with Crippen LogP contribution in [0.2, 0.25) is 0 Å². The second kappa shape index (κ2) is 12.4. The highest BCUT2D eigenvalue weighted by molar-refractivity contribution is 14.0. The predicted octanol–water partition coefficient (Wildman–Crippen LogP) is 4.21. The van der Waals surface area contributed by atoms with Crippen molar-refractivity contribution >= 4 is 35.8 Å². The summed E-state index contributed by atoms with van der Waals surface area (Å²) in [4.78, 5) is 18.5. The minimum Gasteiger partial charge on any atom is -0.352 e. The molecular weight excluding hydrogens is 463 g/mol. The molecule has 0 aliphatic carbocycles. The average molecular weight is 494 g/mol. The fraction of sp³-hybridized carbons (Fsp3) is 0.364. The second-order valence-corrected chi connectivity index (χ2v) is 6.38. The van der Waals surface area contributed by atoms with Gasteiger partial charge in [-0.3, -0.25) is 9.79 Å². The molecule has 0 aliphatic rings. The molecule has 28 heavy (non-hydrogen) atoms. The fourth-order valence-electron chi connectivity index (χ4n) is 2.87. The van der Waals surface area contributed by atoms with Crippen LogP contribution in [-0.4, -0.2) is 36.9 Å². The van der Waals surface area contributed by atoms with Crippen LogP contribution in [0, 0.1) is 0 Å². The molecule has 2 aromatic rings. The Morgan fingerprint density at radius 3 is 2.18 bits per heavy atom. The summed E-state index contributed by atoms with van der Waals surface area (Å²) < 4.78 is 0. The molecule has 1 atom stereocenters. The third-order valence-corrected chi connectivity index (χ3v) is 4.59. The summed E-state index contributed by atoms with van der Waals surface area (Å²) in [5, 5.41) is 6.71. The lowest BCUT2D eigenvalue weighted by molar-refractivity contribution is 0.0773. The van der Waals surface area contributed by atoms with Crippen LogP contribution in [-0.2, 0) is 6.54 Å². The molecule has 0 bridgehead atoms. The van der Waals surface area contributed by atoms with Gasteiger partial charge in [-0.25, -0.2) is 0 Å². The number of rotatable bonds is 7. The van der Waals surface area contributed by atoms with Crippen molar-refractivity contribution in [1.82, 2.24) is 15.5 Å². The van der Waals surface area contributed by atoms with Gasteiger partial charge in [0.15, 0.2) is 5.96 Å². The van der Waals surface area contributed by atoms with Gasteiger partial charge < -0.3 is 15.5 Å². The Bertz CT molecular complexity index is 743. The maximum absolute atomic E-state index is 12.4. The number of hydrogen-bond donors (Lipinski definition) is 2. The molecule has 1 amide bonds. The van der Waals surface area contributed by atoms with Crippen molar-refractivity contribution in [2.24, 2.45) is 4.99 Å². The normalized spacial score (nSPS) is 11.9. The summed E-state index contributed by atoms with van der Waals surface area (Å²) in [5.74, 6) is 0.823. The Kier molecular flexibility index (Phi) is 10.6. The van der Waals surface area contributed by atoms with Crippen molar-refractivity contribution in [3.05, 3.63) is 71.3 Å². The molecule has 2 N–H and O–H groups in total. The number of aliphatic imine (C=N–C) groups is 1. The lowest BCUT2D eigenvalue weighted by atomic mass is 10.1. The van der Waals surface area contributed by atoms with Crippen LogP contribution in [0.5, 0.6) is 0 Å². The van der Waals surface area contributed by atoms with E-state index in [2.05, 4.69) is 34.7 Å². The van der Waals surface area contributed by atoms with Gasteiger partial charge in [0.1, 0.15) is 0 Å². The van der Waals surface area contributed by atoms with Gasteiger partial charge in [0.2, 0.25) is 0 Å². The smallest absolute Gasteiger partial charge is 0.253 e. The van der Waals surface area contributed by atoms with Crippen molar-refractivity contribution in [3.63, 3.8) is 0 Å². The van der Waals surface area contributed by atoms with Crippen LogP contribution >= 0.6 is 24.0 Å². The lowest BCUT2D eigenvalue weighted by Crippen LogP contribution is -2.38. The first kappa shape index (κ1) is 23.9. The molecule has 0 spiro atoms. The van der Waals surface area contributed by atoms with Gasteiger partial charge in [-0.2, -0.15) is 0 Å². The number of nitrogens with zero attached hydrogens (tertiary/aromatic N) is 2. The van der Waals surface area contributed by atoms with E-state index in [1.165, 1.54) is 5.56 Å². The van der Waals surface area contributed by atoms with E-state index in [-0.39, 0.29) is 35.9 Å². The van der Waals surface area contributed by atoms with Gasteiger partial charge in [0.05, 0.1) is 6.04 Å². The number of amides is 1. The van der Waals surface area contributed by atoms with Gasteiger partial charge in [0, 0.05) is 32.2 Å². The molecule has 0 saturated carbocycles. The molecule has 1 unspecified atom stereocenters. The number of guanidine groups is 1. The van der Waals surface area contributed by atoms with Crippen molar-refractivity contribution < 1.29 is 4.79 Å². The van der Waals surface area contributed by atoms with Crippen molar-refractivity contribution in [2.75, 3.05) is 20.1 Å². The van der Waals surface area contributed by atoms with Gasteiger partial charge >= 0.3 is 0 Å².